The molecule has 0 aromatic heterocycles. The number of aryl methyl sites for hydroxylation is 1. The van der Waals surface area contributed by atoms with Crippen LogP contribution in [-0.4, -0.2) is 37.6 Å². The zero-order valence-electron chi connectivity index (χ0n) is 12.1. The second-order valence-corrected chi connectivity index (χ2v) is 6.21. The SMILES string of the molecule is CCc1ccc(C2(CN3CCNCC3)CCC2)cc1. The number of piperazine rings is 1. The molecule has 0 spiro atoms. The summed E-state index contributed by atoms with van der Waals surface area (Å²) >= 11 is 0. The molecule has 0 atom stereocenters. The standard InChI is InChI=1S/C17H26N2/c1-2-15-4-6-16(7-5-15)17(8-3-9-17)14-19-12-10-18-11-13-19/h4-7,18H,2-3,8-14H2,1H3. The summed E-state index contributed by atoms with van der Waals surface area (Å²) in [5, 5.41) is 3.45. The lowest BCUT2D eigenvalue weighted by molar-refractivity contribution is 0.128. The summed E-state index contributed by atoms with van der Waals surface area (Å²) in [4.78, 5) is 2.66. The maximum Gasteiger partial charge on any atom is 0.0108 e. The van der Waals surface area contributed by atoms with E-state index in [1.54, 1.807) is 5.56 Å². The maximum absolute atomic E-state index is 3.45. The lowest BCUT2D eigenvalue weighted by atomic mass is 9.64. The average Bonchev–Trinajstić information content (AvgIpc) is 2.44. The maximum atomic E-state index is 3.45. The van der Waals surface area contributed by atoms with Crippen LogP contribution in [0.5, 0.6) is 0 Å². The Morgan fingerprint density at radius 2 is 1.79 bits per heavy atom. The van der Waals surface area contributed by atoms with E-state index < -0.39 is 0 Å². The molecule has 1 saturated carbocycles. The third-order valence-corrected chi connectivity index (χ3v) is 5.02. The van der Waals surface area contributed by atoms with E-state index in [0.717, 1.165) is 19.5 Å². The molecule has 1 aromatic rings. The Kier molecular flexibility index (Phi) is 3.90. The molecule has 1 N–H and O–H groups in total. The van der Waals surface area contributed by atoms with Crippen LogP contribution in [0.25, 0.3) is 0 Å². The molecule has 0 amide bonds. The van der Waals surface area contributed by atoms with Crippen molar-refractivity contribution in [1.82, 2.24) is 10.2 Å². The molecular weight excluding hydrogens is 232 g/mol. The van der Waals surface area contributed by atoms with Gasteiger partial charge in [0.25, 0.3) is 0 Å². The Morgan fingerprint density at radius 1 is 1.11 bits per heavy atom. The van der Waals surface area contributed by atoms with Crippen LogP contribution in [0.15, 0.2) is 24.3 Å². The van der Waals surface area contributed by atoms with Crippen molar-refractivity contribution < 1.29 is 0 Å². The van der Waals surface area contributed by atoms with E-state index in [1.807, 2.05) is 0 Å². The molecule has 2 fully saturated rings. The van der Waals surface area contributed by atoms with Gasteiger partial charge in [0.05, 0.1) is 0 Å². The van der Waals surface area contributed by atoms with Gasteiger partial charge in [0.15, 0.2) is 0 Å². The molecule has 1 heterocycles. The second-order valence-electron chi connectivity index (χ2n) is 6.21. The van der Waals surface area contributed by atoms with Gasteiger partial charge < -0.3 is 5.32 Å². The molecule has 2 heteroatoms. The Morgan fingerprint density at radius 3 is 2.32 bits per heavy atom. The average molecular weight is 258 g/mol. The van der Waals surface area contributed by atoms with Crippen LogP contribution in [0.3, 0.4) is 0 Å². The molecular formula is C17H26N2. The summed E-state index contributed by atoms with van der Waals surface area (Å²) in [6, 6.07) is 9.43. The Balaban J connectivity index is 1.73. The Bertz CT molecular complexity index is 400. The zero-order valence-corrected chi connectivity index (χ0v) is 12.1. The molecule has 1 saturated heterocycles. The van der Waals surface area contributed by atoms with Gasteiger partial charge in [-0.05, 0) is 30.4 Å². The van der Waals surface area contributed by atoms with E-state index in [-0.39, 0.29) is 0 Å². The van der Waals surface area contributed by atoms with Crippen molar-refractivity contribution in [3.63, 3.8) is 0 Å². The molecule has 1 aliphatic heterocycles. The molecule has 0 bridgehead atoms. The van der Waals surface area contributed by atoms with Crippen LogP contribution < -0.4 is 5.32 Å². The lowest BCUT2D eigenvalue weighted by Crippen LogP contribution is -2.51. The highest BCUT2D eigenvalue weighted by Gasteiger charge is 2.40. The number of nitrogens with one attached hydrogen (secondary N) is 1. The van der Waals surface area contributed by atoms with Gasteiger partial charge in [-0.25, -0.2) is 0 Å². The quantitative estimate of drug-likeness (QED) is 0.893. The highest BCUT2D eigenvalue weighted by atomic mass is 15.2. The fourth-order valence-corrected chi connectivity index (χ4v) is 3.53. The van der Waals surface area contributed by atoms with Crippen LogP contribution in [-0.2, 0) is 11.8 Å². The third-order valence-electron chi connectivity index (χ3n) is 5.02. The number of benzene rings is 1. The van der Waals surface area contributed by atoms with Gasteiger partial charge in [-0.1, -0.05) is 37.6 Å². The van der Waals surface area contributed by atoms with Crippen LogP contribution in [0, 0.1) is 0 Å². The van der Waals surface area contributed by atoms with Crippen molar-refractivity contribution >= 4 is 0 Å². The minimum absolute atomic E-state index is 0.462. The van der Waals surface area contributed by atoms with Crippen molar-refractivity contribution in [2.75, 3.05) is 32.7 Å². The topological polar surface area (TPSA) is 15.3 Å². The van der Waals surface area contributed by atoms with Gasteiger partial charge in [-0.2, -0.15) is 0 Å². The molecule has 0 unspecified atom stereocenters. The third kappa shape index (κ3) is 2.70. The second kappa shape index (κ2) is 5.64. The molecule has 0 radical (unpaired) electrons. The number of rotatable bonds is 4. The summed E-state index contributed by atoms with van der Waals surface area (Å²) in [6.07, 6.45) is 5.30. The predicted octanol–water partition coefficient (Wildman–Crippen LogP) is 2.58. The van der Waals surface area contributed by atoms with E-state index in [9.17, 15) is 0 Å². The van der Waals surface area contributed by atoms with E-state index in [4.69, 9.17) is 0 Å². The molecule has 1 aliphatic carbocycles. The van der Waals surface area contributed by atoms with E-state index >= 15 is 0 Å². The summed E-state index contributed by atoms with van der Waals surface area (Å²) in [6.45, 7) is 8.24. The monoisotopic (exact) mass is 258 g/mol. The van der Waals surface area contributed by atoms with Gasteiger partial charge in [0.1, 0.15) is 0 Å². The minimum atomic E-state index is 0.462. The first kappa shape index (κ1) is 13.1. The summed E-state index contributed by atoms with van der Waals surface area (Å²) in [5.74, 6) is 0. The van der Waals surface area contributed by atoms with Crippen molar-refractivity contribution in [2.45, 2.75) is 38.0 Å². The Labute approximate surface area is 117 Å². The van der Waals surface area contributed by atoms with E-state index in [1.165, 1.54) is 44.5 Å². The Hall–Kier alpha value is -0.860. The predicted molar refractivity (Wildman–Crippen MR) is 80.7 cm³/mol. The van der Waals surface area contributed by atoms with Crippen LogP contribution in [0.2, 0.25) is 0 Å². The fourth-order valence-electron chi connectivity index (χ4n) is 3.53. The smallest absolute Gasteiger partial charge is 0.0108 e. The van der Waals surface area contributed by atoms with Crippen LogP contribution >= 0.6 is 0 Å². The van der Waals surface area contributed by atoms with Gasteiger partial charge >= 0.3 is 0 Å². The van der Waals surface area contributed by atoms with Crippen molar-refractivity contribution in [2.24, 2.45) is 0 Å². The van der Waals surface area contributed by atoms with Crippen LogP contribution in [0.4, 0.5) is 0 Å². The summed E-state index contributed by atoms with van der Waals surface area (Å²) < 4.78 is 0. The molecule has 2 aliphatic rings. The van der Waals surface area contributed by atoms with Crippen molar-refractivity contribution in [1.29, 1.82) is 0 Å². The van der Waals surface area contributed by atoms with Crippen molar-refractivity contribution in [3.05, 3.63) is 35.4 Å². The largest absolute Gasteiger partial charge is 0.314 e. The highest BCUT2D eigenvalue weighted by Crippen LogP contribution is 2.44. The summed E-state index contributed by atoms with van der Waals surface area (Å²) in [7, 11) is 0. The fraction of sp³-hybridized carbons (Fsp3) is 0.647. The molecule has 1 aromatic carbocycles. The molecule has 19 heavy (non-hydrogen) atoms. The minimum Gasteiger partial charge on any atom is -0.314 e. The number of nitrogens with zero attached hydrogens (tertiary/aromatic N) is 1. The summed E-state index contributed by atoms with van der Waals surface area (Å²) in [5.41, 5.74) is 3.50. The number of hydrogen-bond donors (Lipinski definition) is 1. The van der Waals surface area contributed by atoms with E-state index in [2.05, 4.69) is 41.4 Å². The van der Waals surface area contributed by atoms with Gasteiger partial charge in [-0.15, -0.1) is 0 Å². The van der Waals surface area contributed by atoms with Gasteiger partial charge in [0, 0.05) is 38.1 Å². The highest BCUT2D eigenvalue weighted by molar-refractivity contribution is 5.32. The van der Waals surface area contributed by atoms with Gasteiger partial charge in [0.2, 0.25) is 0 Å². The zero-order chi connectivity index (χ0) is 13.1. The van der Waals surface area contributed by atoms with E-state index in [0.29, 0.717) is 5.41 Å². The molecule has 2 nitrogen and oxygen atoms in total. The first-order valence-electron chi connectivity index (χ1n) is 7.85. The molecule has 3 rings (SSSR count). The normalized spacial score (nSPS) is 23.0. The number of hydrogen-bond acceptors (Lipinski definition) is 2. The lowest BCUT2D eigenvalue weighted by Gasteiger charge is -2.46. The first-order valence-corrected chi connectivity index (χ1v) is 7.85. The first-order chi connectivity index (χ1) is 9.32. The molecule has 104 valence electrons. The van der Waals surface area contributed by atoms with Crippen LogP contribution in [0.1, 0.15) is 37.3 Å². The van der Waals surface area contributed by atoms with Gasteiger partial charge in [-0.3, -0.25) is 4.90 Å². The van der Waals surface area contributed by atoms with Crippen molar-refractivity contribution in [3.8, 4) is 0 Å².